The summed E-state index contributed by atoms with van der Waals surface area (Å²) in [6.07, 6.45) is 7.19. The maximum Gasteiger partial charge on any atom is 0.354 e. The zero-order chi connectivity index (χ0) is 20.8. The van der Waals surface area contributed by atoms with Gasteiger partial charge in [0.1, 0.15) is 11.8 Å². The molecule has 0 amide bonds. The number of allylic oxidation sites excluding steroid dienone is 1. The van der Waals surface area contributed by atoms with Crippen molar-refractivity contribution in [2.45, 2.75) is 38.1 Å². The summed E-state index contributed by atoms with van der Waals surface area (Å²) in [5.41, 5.74) is 5.44. The van der Waals surface area contributed by atoms with Crippen LogP contribution in [-0.4, -0.2) is 27.8 Å². The third-order valence-corrected chi connectivity index (χ3v) is 6.48. The number of nitrogens with zero attached hydrogens (tertiary/aromatic N) is 4. The van der Waals surface area contributed by atoms with Gasteiger partial charge >= 0.3 is 5.97 Å². The molecule has 0 spiro atoms. The van der Waals surface area contributed by atoms with Crippen molar-refractivity contribution >= 4 is 29.0 Å². The van der Waals surface area contributed by atoms with E-state index in [2.05, 4.69) is 17.1 Å². The van der Waals surface area contributed by atoms with E-state index in [4.69, 9.17) is 16.7 Å². The molecule has 30 heavy (non-hydrogen) atoms. The lowest BCUT2D eigenvalue weighted by Crippen LogP contribution is -2.37. The summed E-state index contributed by atoms with van der Waals surface area (Å²) >= 11 is 6.32. The number of carboxylic acid groups (broad SMARTS) is 1. The Kier molecular flexibility index (Phi) is 4.56. The lowest BCUT2D eigenvalue weighted by molar-refractivity contribution is 0.0690. The summed E-state index contributed by atoms with van der Waals surface area (Å²) in [4.78, 5) is 15.7. The first-order chi connectivity index (χ1) is 14.6. The van der Waals surface area contributed by atoms with Gasteiger partial charge in [-0.1, -0.05) is 17.7 Å². The average Bonchev–Trinajstić information content (AvgIpc) is 3.40. The minimum atomic E-state index is -1.02. The van der Waals surface area contributed by atoms with E-state index in [0.717, 1.165) is 54.8 Å². The largest absolute Gasteiger partial charge is 0.477 e. The number of rotatable bonds is 3. The predicted octanol–water partition coefficient (Wildman–Crippen LogP) is 4.57. The Bertz CT molecular complexity index is 1160. The number of hydrazone groups is 1. The number of hydrogen-bond acceptors (Lipinski definition) is 5. The third-order valence-electron chi connectivity index (χ3n) is 6.17. The first-order valence-electron chi connectivity index (χ1n) is 10.1. The Morgan fingerprint density at radius 2 is 2.13 bits per heavy atom. The van der Waals surface area contributed by atoms with Crippen LogP contribution in [0.4, 0.5) is 5.69 Å². The first-order valence-corrected chi connectivity index (χ1v) is 10.4. The van der Waals surface area contributed by atoms with Crippen LogP contribution in [0.1, 0.15) is 53.0 Å². The van der Waals surface area contributed by atoms with Crippen LogP contribution in [-0.2, 0) is 6.42 Å². The van der Waals surface area contributed by atoms with Crippen LogP contribution in [0.2, 0.25) is 5.02 Å². The normalized spacial score (nSPS) is 22.1. The molecule has 2 atom stereocenters. The maximum absolute atomic E-state index is 11.3. The van der Waals surface area contributed by atoms with Gasteiger partial charge in [0.2, 0.25) is 0 Å². The monoisotopic (exact) mass is 418 g/mol. The summed E-state index contributed by atoms with van der Waals surface area (Å²) in [6.45, 7) is 0. The SMILES string of the molecule is N#Cc1ccc(N2N=C3c4ccc(C(=O)O)nc4CCC3C2C2=CCCC2)cc1Cl. The van der Waals surface area contributed by atoms with Crippen LogP contribution in [0.5, 0.6) is 0 Å². The highest BCUT2D eigenvalue weighted by atomic mass is 35.5. The van der Waals surface area contributed by atoms with E-state index >= 15 is 0 Å². The molecule has 6 nitrogen and oxygen atoms in total. The van der Waals surface area contributed by atoms with E-state index in [1.165, 1.54) is 5.57 Å². The molecule has 2 aromatic rings. The van der Waals surface area contributed by atoms with Crippen LogP contribution in [0.25, 0.3) is 0 Å². The number of anilines is 1. The number of hydrogen-bond donors (Lipinski definition) is 1. The molecule has 2 aliphatic carbocycles. The van der Waals surface area contributed by atoms with Crippen molar-refractivity contribution < 1.29 is 9.90 Å². The van der Waals surface area contributed by atoms with E-state index in [1.54, 1.807) is 18.2 Å². The quantitative estimate of drug-likeness (QED) is 0.737. The Labute approximate surface area is 179 Å². The second kappa shape index (κ2) is 7.26. The highest BCUT2D eigenvalue weighted by Gasteiger charge is 2.43. The summed E-state index contributed by atoms with van der Waals surface area (Å²) < 4.78 is 0. The minimum Gasteiger partial charge on any atom is -0.477 e. The molecule has 0 saturated heterocycles. The molecule has 5 rings (SSSR count). The molecule has 1 aliphatic heterocycles. The van der Waals surface area contributed by atoms with Crippen molar-refractivity contribution in [1.29, 1.82) is 5.26 Å². The van der Waals surface area contributed by atoms with Crippen LogP contribution >= 0.6 is 11.6 Å². The number of halogens is 1. The zero-order valence-electron chi connectivity index (χ0n) is 16.2. The lowest BCUT2D eigenvalue weighted by atomic mass is 9.78. The summed E-state index contributed by atoms with van der Waals surface area (Å²) in [5, 5.41) is 25.9. The van der Waals surface area contributed by atoms with Crippen molar-refractivity contribution in [2.75, 3.05) is 5.01 Å². The maximum atomic E-state index is 11.3. The molecule has 0 fully saturated rings. The standard InChI is InChI=1S/C23H19ClN4O2/c24-18-11-15(6-5-14(18)12-25)28-22(13-3-1-2-4-13)17-8-9-19-16(21(17)27-28)7-10-20(26-19)23(29)30/h3,5-7,10-11,17,22H,1-2,4,8-9H2,(H,29,30). The highest BCUT2D eigenvalue weighted by Crippen LogP contribution is 2.43. The van der Waals surface area contributed by atoms with Gasteiger partial charge in [-0.05, 0) is 68.0 Å². The van der Waals surface area contributed by atoms with Crippen LogP contribution in [0, 0.1) is 17.2 Å². The number of pyridine rings is 1. The predicted molar refractivity (Wildman–Crippen MR) is 114 cm³/mol. The lowest BCUT2D eigenvalue weighted by Gasteiger charge is -2.31. The third kappa shape index (κ3) is 2.98. The molecule has 150 valence electrons. The topological polar surface area (TPSA) is 89.6 Å². The van der Waals surface area contributed by atoms with E-state index in [0.29, 0.717) is 10.6 Å². The molecule has 2 unspecified atom stereocenters. The second-order valence-corrected chi connectivity index (χ2v) is 8.27. The number of carboxylic acids is 1. The Morgan fingerprint density at radius 1 is 1.27 bits per heavy atom. The van der Waals surface area contributed by atoms with E-state index in [9.17, 15) is 15.2 Å². The molecule has 7 heteroatoms. The van der Waals surface area contributed by atoms with E-state index < -0.39 is 5.97 Å². The van der Waals surface area contributed by atoms with Crippen LogP contribution in [0.3, 0.4) is 0 Å². The number of nitriles is 1. The molecule has 2 heterocycles. The summed E-state index contributed by atoms with van der Waals surface area (Å²) in [5.74, 6) is -0.801. The van der Waals surface area contributed by atoms with Crippen molar-refractivity contribution in [3.63, 3.8) is 0 Å². The Morgan fingerprint density at radius 3 is 2.83 bits per heavy atom. The number of fused-ring (bicyclic) bond motifs is 3. The molecule has 0 saturated carbocycles. The number of aromatic carboxylic acids is 1. The van der Waals surface area contributed by atoms with Crippen molar-refractivity contribution in [2.24, 2.45) is 11.0 Å². The van der Waals surface area contributed by atoms with E-state index in [1.807, 2.05) is 17.1 Å². The molecule has 0 bridgehead atoms. The summed E-state index contributed by atoms with van der Waals surface area (Å²) in [7, 11) is 0. The minimum absolute atomic E-state index is 0.0663. The fourth-order valence-electron chi connectivity index (χ4n) is 4.79. The van der Waals surface area contributed by atoms with Crippen LogP contribution < -0.4 is 5.01 Å². The first kappa shape index (κ1) is 18.8. The molecule has 1 aromatic heterocycles. The number of carbonyl (C=O) groups is 1. The molecule has 1 N–H and O–H groups in total. The van der Waals surface area contributed by atoms with Gasteiger partial charge in [0.15, 0.2) is 0 Å². The van der Waals surface area contributed by atoms with Crippen molar-refractivity contribution in [3.8, 4) is 6.07 Å². The van der Waals surface area contributed by atoms with Gasteiger partial charge in [0.05, 0.1) is 33.7 Å². The fraction of sp³-hybridized carbons (Fsp3) is 0.304. The number of aromatic nitrogens is 1. The Balaban J connectivity index is 1.61. The van der Waals surface area contributed by atoms with Gasteiger partial charge in [-0.2, -0.15) is 10.4 Å². The van der Waals surface area contributed by atoms with Gasteiger partial charge in [0, 0.05) is 11.5 Å². The van der Waals surface area contributed by atoms with Gasteiger partial charge in [-0.3, -0.25) is 5.01 Å². The van der Waals surface area contributed by atoms with Gasteiger partial charge in [-0.15, -0.1) is 0 Å². The zero-order valence-corrected chi connectivity index (χ0v) is 16.9. The van der Waals surface area contributed by atoms with Crippen molar-refractivity contribution in [3.05, 3.63) is 69.5 Å². The second-order valence-electron chi connectivity index (χ2n) is 7.86. The van der Waals surface area contributed by atoms with Gasteiger partial charge < -0.3 is 5.11 Å². The summed E-state index contributed by atoms with van der Waals surface area (Å²) in [6, 6.07) is 11.0. The van der Waals surface area contributed by atoms with Gasteiger partial charge in [-0.25, -0.2) is 9.78 Å². The molecule has 0 radical (unpaired) electrons. The molecule has 1 aromatic carbocycles. The average molecular weight is 419 g/mol. The number of aryl methyl sites for hydroxylation is 1. The fourth-order valence-corrected chi connectivity index (χ4v) is 5.01. The Hall–Kier alpha value is -3.17. The molecule has 3 aliphatic rings. The molecular formula is C23H19ClN4O2. The van der Waals surface area contributed by atoms with Crippen molar-refractivity contribution in [1.82, 2.24) is 4.98 Å². The van der Waals surface area contributed by atoms with Crippen LogP contribution in [0.15, 0.2) is 47.1 Å². The van der Waals surface area contributed by atoms with E-state index in [-0.39, 0.29) is 17.7 Å². The highest BCUT2D eigenvalue weighted by molar-refractivity contribution is 6.32. The molecular weight excluding hydrogens is 400 g/mol. The smallest absolute Gasteiger partial charge is 0.354 e. The van der Waals surface area contributed by atoms with Gasteiger partial charge in [0.25, 0.3) is 0 Å². The number of benzene rings is 1.